The maximum absolute atomic E-state index is 6.24. The standard InChI is InChI=1S/C21H31ClN6O.ClH/c1-3-5-19(21-23-24-25-28(21)15-18-6-4-13-29-18)26-9-11-27(12-10-26)20-14-17(22)8-7-16(20)2;/h7-8,14,18-19H,3-6,9-13,15H2,1-2H3;1H/p-1. The van der Waals surface area contributed by atoms with Crippen LogP contribution in [0.5, 0.6) is 0 Å². The molecule has 7 nitrogen and oxygen atoms in total. The molecule has 0 bridgehead atoms. The molecule has 2 aliphatic rings. The molecule has 30 heavy (non-hydrogen) atoms. The van der Waals surface area contributed by atoms with E-state index < -0.39 is 0 Å². The van der Waals surface area contributed by atoms with E-state index in [0.29, 0.717) is 0 Å². The van der Waals surface area contributed by atoms with Crippen LogP contribution in [0.2, 0.25) is 5.02 Å². The van der Waals surface area contributed by atoms with E-state index in [9.17, 15) is 0 Å². The summed E-state index contributed by atoms with van der Waals surface area (Å²) in [6, 6.07) is 6.39. The Labute approximate surface area is 190 Å². The Bertz CT molecular complexity index is 803. The Balaban J connectivity index is 0.00000256. The van der Waals surface area contributed by atoms with Crippen LogP contribution in [-0.4, -0.2) is 64.0 Å². The van der Waals surface area contributed by atoms with Crippen LogP contribution in [-0.2, 0) is 11.3 Å². The first-order valence-electron chi connectivity index (χ1n) is 10.8. The first-order valence-corrected chi connectivity index (χ1v) is 11.2. The molecule has 0 amide bonds. The molecule has 2 aliphatic heterocycles. The Morgan fingerprint density at radius 2 is 2.03 bits per heavy atom. The largest absolute Gasteiger partial charge is 1.00 e. The van der Waals surface area contributed by atoms with Gasteiger partial charge in [-0.1, -0.05) is 31.0 Å². The minimum Gasteiger partial charge on any atom is -1.00 e. The monoisotopic (exact) mass is 453 g/mol. The van der Waals surface area contributed by atoms with Crippen LogP contribution in [0.25, 0.3) is 0 Å². The second-order valence-electron chi connectivity index (χ2n) is 8.11. The minimum absolute atomic E-state index is 0. The summed E-state index contributed by atoms with van der Waals surface area (Å²) < 4.78 is 7.78. The van der Waals surface area contributed by atoms with Crippen molar-refractivity contribution in [2.75, 3.05) is 37.7 Å². The first kappa shape index (κ1) is 23.3. The minimum atomic E-state index is 0. The van der Waals surface area contributed by atoms with Gasteiger partial charge in [-0.3, -0.25) is 4.90 Å². The maximum atomic E-state index is 6.24. The smallest absolute Gasteiger partial charge is 0.168 e. The number of rotatable bonds is 7. The predicted molar refractivity (Wildman–Crippen MR) is 114 cm³/mol. The second kappa shape index (κ2) is 10.8. The number of aryl methyl sites for hydroxylation is 1. The van der Waals surface area contributed by atoms with E-state index in [4.69, 9.17) is 16.3 Å². The van der Waals surface area contributed by atoms with Crippen molar-refractivity contribution in [3.8, 4) is 0 Å². The van der Waals surface area contributed by atoms with E-state index in [2.05, 4.69) is 51.3 Å². The zero-order chi connectivity index (χ0) is 20.2. The third kappa shape index (κ3) is 5.25. The SMILES string of the molecule is CCCC(c1nnnn1CC1CCCO1)N1CCN(c2cc(Cl)ccc2C)CC1.[Cl-]. The number of halogens is 2. The van der Waals surface area contributed by atoms with Crippen LogP contribution < -0.4 is 17.3 Å². The van der Waals surface area contributed by atoms with Crippen LogP contribution in [0.1, 0.15) is 50.0 Å². The first-order chi connectivity index (χ1) is 14.2. The molecule has 2 unspecified atom stereocenters. The molecule has 166 valence electrons. The number of piperazine rings is 1. The van der Waals surface area contributed by atoms with Crippen LogP contribution in [0, 0.1) is 6.92 Å². The molecule has 0 saturated carbocycles. The van der Waals surface area contributed by atoms with Crippen molar-refractivity contribution in [3.63, 3.8) is 0 Å². The quantitative estimate of drug-likeness (QED) is 0.607. The third-order valence-electron chi connectivity index (χ3n) is 6.09. The molecule has 3 heterocycles. The van der Waals surface area contributed by atoms with Gasteiger partial charge in [0.1, 0.15) is 0 Å². The Hall–Kier alpha value is -1.41. The van der Waals surface area contributed by atoms with Crippen molar-refractivity contribution in [1.29, 1.82) is 0 Å². The summed E-state index contributed by atoms with van der Waals surface area (Å²) in [5.41, 5.74) is 2.51. The number of hydrogen-bond acceptors (Lipinski definition) is 6. The number of aromatic nitrogens is 4. The number of nitrogens with zero attached hydrogens (tertiary/aromatic N) is 6. The van der Waals surface area contributed by atoms with Gasteiger partial charge in [-0.15, -0.1) is 5.10 Å². The van der Waals surface area contributed by atoms with Crippen molar-refractivity contribution < 1.29 is 17.1 Å². The summed E-state index contributed by atoms with van der Waals surface area (Å²) in [6.07, 6.45) is 4.62. The molecule has 0 radical (unpaired) electrons. The topological polar surface area (TPSA) is 59.3 Å². The summed E-state index contributed by atoms with van der Waals surface area (Å²) in [4.78, 5) is 4.98. The molecule has 1 aromatic carbocycles. The highest BCUT2D eigenvalue weighted by atomic mass is 35.5. The van der Waals surface area contributed by atoms with E-state index >= 15 is 0 Å². The molecule has 2 aromatic rings. The lowest BCUT2D eigenvalue weighted by Crippen LogP contribution is -3.00. The highest BCUT2D eigenvalue weighted by Crippen LogP contribution is 2.29. The Morgan fingerprint density at radius 1 is 1.23 bits per heavy atom. The molecule has 4 rings (SSSR count). The van der Waals surface area contributed by atoms with Gasteiger partial charge < -0.3 is 22.0 Å². The molecular weight excluding hydrogens is 423 g/mol. The number of tetrazole rings is 1. The maximum Gasteiger partial charge on any atom is 0.168 e. The molecule has 0 aliphatic carbocycles. The van der Waals surface area contributed by atoms with Gasteiger partial charge in [-0.2, -0.15) is 0 Å². The van der Waals surface area contributed by atoms with Gasteiger partial charge in [0.15, 0.2) is 5.82 Å². The summed E-state index contributed by atoms with van der Waals surface area (Å²) in [5.74, 6) is 0.981. The fraction of sp³-hybridized carbons (Fsp3) is 0.667. The van der Waals surface area contributed by atoms with Crippen molar-refractivity contribution >= 4 is 17.3 Å². The van der Waals surface area contributed by atoms with Gasteiger partial charge in [0.05, 0.1) is 18.7 Å². The van der Waals surface area contributed by atoms with Crippen molar-refractivity contribution in [1.82, 2.24) is 25.1 Å². The summed E-state index contributed by atoms with van der Waals surface area (Å²) in [7, 11) is 0. The van der Waals surface area contributed by atoms with Crippen LogP contribution >= 0.6 is 11.6 Å². The average molecular weight is 454 g/mol. The predicted octanol–water partition coefficient (Wildman–Crippen LogP) is 0.481. The fourth-order valence-corrected chi connectivity index (χ4v) is 4.67. The molecule has 2 atom stereocenters. The summed E-state index contributed by atoms with van der Waals surface area (Å²) >= 11 is 6.24. The molecule has 0 N–H and O–H groups in total. The molecule has 2 fully saturated rings. The summed E-state index contributed by atoms with van der Waals surface area (Å²) in [6.45, 7) is 9.93. The highest BCUT2D eigenvalue weighted by Gasteiger charge is 2.30. The lowest BCUT2D eigenvalue weighted by atomic mass is 10.1. The zero-order valence-electron chi connectivity index (χ0n) is 17.8. The van der Waals surface area contributed by atoms with E-state index in [1.165, 1.54) is 11.3 Å². The lowest BCUT2D eigenvalue weighted by molar-refractivity contribution is -0.00000783. The Morgan fingerprint density at radius 3 is 2.73 bits per heavy atom. The van der Waals surface area contributed by atoms with Gasteiger partial charge in [-0.05, 0) is 54.3 Å². The lowest BCUT2D eigenvalue weighted by Gasteiger charge is -2.40. The number of ether oxygens (including phenoxy) is 1. The number of benzene rings is 1. The van der Waals surface area contributed by atoms with Gasteiger partial charge in [0, 0.05) is 43.5 Å². The zero-order valence-corrected chi connectivity index (χ0v) is 19.3. The van der Waals surface area contributed by atoms with Crippen LogP contribution in [0.15, 0.2) is 18.2 Å². The third-order valence-corrected chi connectivity index (χ3v) is 6.32. The van der Waals surface area contributed by atoms with Crippen LogP contribution in [0.4, 0.5) is 5.69 Å². The summed E-state index contributed by atoms with van der Waals surface area (Å²) in [5, 5.41) is 13.5. The number of hydrogen-bond donors (Lipinski definition) is 0. The molecule has 2 saturated heterocycles. The van der Waals surface area contributed by atoms with E-state index in [-0.39, 0.29) is 24.6 Å². The second-order valence-corrected chi connectivity index (χ2v) is 8.55. The fourth-order valence-electron chi connectivity index (χ4n) is 4.51. The molecule has 1 aromatic heterocycles. The van der Waals surface area contributed by atoms with Gasteiger partial charge in [0.2, 0.25) is 0 Å². The average Bonchev–Trinajstić information content (AvgIpc) is 3.41. The molecular formula is C21H31Cl2N6O-. The van der Waals surface area contributed by atoms with Gasteiger partial charge in [0.25, 0.3) is 0 Å². The van der Waals surface area contributed by atoms with Gasteiger partial charge in [-0.25, -0.2) is 4.68 Å². The molecule has 0 spiro atoms. The number of anilines is 1. The van der Waals surface area contributed by atoms with Crippen molar-refractivity contribution in [2.24, 2.45) is 0 Å². The van der Waals surface area contributed by atoms with E-state index in [1.807, 2.05) is 10.7 Å². The Kier molecular flexibility index (Phi) is 8.34. The van der Waals surface area contributed by atoms with Crippen molar-refractivity contribution in [2.45, 2.75) is 58.2 Å². The van der Waals surface area contributed by atoms with E-state index in [1.54, 1.807) is 0 Å². The highest BCUT2D eigenvalue weighted by molar-refractivity contribution is 6.30. The van der Waals surface area contributed by atoms with Crippen LogP contribution in [0.3, 0.4) is 0 Å². The molecule has 9 heteroatoms. The van der Waals surface area contributed by atoms with Crippen molar-refractivity contribution in [3.05, 3.63) is 34.6 Å². The normalized spacial score (nSPS) is 20.9. The van der Waals surface area contributed by atoms with Gasteiger partial charge >= 0.3 is 0 Å². The van der Waals surface area contributed by atoms with E-state index in [0.717, 1.165) is 75.9 Å².